The highest BCUT2D eigenvalue weighted by Crippen LogP contribution is 2.16. The molecular formula is C20H24ClN3O5S. The second-order valence-corrected chi connectivity index (χ2v) is 9.06. The molecule has 0 aromatic heterocycles. The van der Waals surface area contributed by atoms with E-state index < -0.39 is 28.4 Å². The third kappa shape index (κ3) is 7.33. The number of nitrogens with zero attached hydrogens (tertiary/aromatic N) is 1. The summed E-state index contributed by atoms with van der Waals surface area (Å²) in [6, 6.07) is 13.2. The van der Waals surface area contributed by atoms with Gasteiger partial charge in [0.05, 0.1) is 18.0 Å². The molecule has 0 saturated carbocycles. The quantitative estimate of drug-likeness (QED) is 0.447. The fourth-order valence-electron chi connectivity index (χ4n) is 2.37. The highest BCUT2D eigenvalue weighted by atomic mass is 35.5. The highest BCUT2D eigenvalue weighted by molar-refractivity contribution is 7.89. The number of ether oxygens (including phenoxy) is 1. The lowest BCUT2D eigenvalue weighted by Gasteiger charge is -2.17. The molecule has 0 aliphatic carbocycles. The van der Waals surface area contributed by atoms with Gasteiger partial charge in [0.1, 0.15) is 5.75 Å². The van der Waals surface area contributed by atoms with Gasteiger partial charge in [-0.05, 0) is 49.7 Å². The van der Waals surface area contributed by atoms with Crippen molar-refractivity contribution < 1.29 is 22.7 Å². The summed E-state index contributed by atoms with van der Waals surface area (Å²) in [7, 11) is -2.50. The molecule has 0 saturated heterocycles. The van der Waals surface area contributed by atoms with Crippen LogP contribution in [0.4, 0.5) is 0 Å². The smallest absolute Gasteiger partial charge is 0.253 e. The Bertz CT molecular complexity index is 963. The highest BCUT2D eigenvalue weighted by Gasteiger charge is 2.22. The van der Waals surface area contributed by atoms with Crippen molar-refractivity contribution in [2.24, 2.45) is 0 Å². The van der Waals surface area contributed by atoms with Crippen molar-refractivity contribution in [2.75, 3.05) is 20.2 Å². The molecule has 2 N–H and O–H groups in total. The number of benzene rings is 2. The van der Waals surface area contributed by atoms with Gasteiger partial charge in [-0.15, -0.1) is 0 Å². The van der Waals surface area contributed by atoms with E-state index in [1.54, 1.807) is 36.4 Å². The van der Waals surface area contributed by atoms with Gasteiger partial charge >= 0.3 is 0 Å². The van der Waals surface area contributed by atoms with Gasteiger partial charge in [-0.3, -0.25) is 20.4 Å². The molecule has 10 heteroatoms. The summed E-state index contributed by atoms with van der Waals surface area (Å²) in [5.41, 5.74) is 5.40. The number of carbonyl (C=O) groups excluding carboxylic acids is 2. The standard InChI is InChI=1S/C20H24ClN3O5S/c1-15-5-11-18(12-6-15)30(27,28)24(2)14-20(26)23-22-19(25)4-3-13-29-17-9-7-16(21)8-10-17/h5-12H,3-4,13-14H2,1-2H3,(H,22,25)(H,23,26). The number of halogens is 1. The normalized spacial score (nSPS) is 11.2. The zero-order valence-corrected chi connectivity index (χ0v) is 18.3. The van der Waals surface area contributed by atoms with Crippen LogP contribution in [0, 0.1) is 6.92 Å². The van der Waals surface area contributed by atoms with Crippen LogP contribution in [0.1, 0.15) is 18.4 Å². The Morgan fingerprint density at radius 3 is 2.23 bits per heavy atom. The third-order valence-electron chi connectivity index (χ3n) is 4.07. The molecule has 2 amide bonds. The first-order chi connectivity index (χ1) is 14.2. The minimum atomic E-state index is -3.80. The molecular weight excluding hydrogens is 430 g/mol. The predicted molar refractivity (Wildman–Crippen MR) is 113 cm³/mol. The van der Waals surface area contributed by atoms with E-state index in [1.165, 1.54) is 19.2 Å². The number of carbonyl (C=O) groups is 2. The molecule has 30 heavy (non-hydrogen) atoms. The molecule has 2 aromatic rings. The molecule has 0 heterocycles. The molecule has 0 bridgehead atoms. The number of nitrogens with one attached hydrogen (secondary N) is 2. The largest absolute Gasteiger partial charge is 0.494 e. The summed E-state index contributed by atoms with van der Waals surface area (Å²) in [4.78, 5) is 23.9. The van der Waals surface area contributed by atoms with Gasteiger partial charge in [0.15, 0.2) is 0 Å². The lowest BCUT2D eigenvalue weighted by atomic mass is 10.2. The molecule has 162 valence electrons. The van der Waals surface area contributed by atoms with Crippen LogP contribution in [0.2, 0.25) is 5.02 Å². The molecule has 8 nitrogen and oxygen atoms in total. The molecule has 2 aromatic carbocycles. The Morgan fingerprint density at radius 2 is 1.60 bits per heavy atom. The van der Waals surface area contributed by atoms with Crippen molar-refractivity contribution in [3.63, 3.8) is 0 Å². The van der Waals surface area contributed by atoms with Gasteiger partial charge < -0.3 is 4.74 Å². The summed E-state index contributed by atoms with van der Waals surface area (Å²) in [6.45, 7) is 1.73. The van der Waals surface area contributed by atoms with Gasteiger partial charge in [-0.1, -0.05) is 29.3 Å². The monoisotopic (exact) mass is 453 g/mol. The SMILES string of the molecule is Cc1ccc(S(=O)(=O)N(C)CC(=O)NNC(=O)CCCOc2ccc(Cl)cc2)cc1. The van der Waals surface area contributed by atoms with Crippen LogP contribution in [-0.2, 0) is 19.6 Å². The first-order valence-corrected chi connectivity index (χ1v) is 11.0. The van der Waals surface area contributed by atoms with Gasteiger partial charge in [0, 0.05) is 18.5 Å². The van der Waals surface area contributed by atoms with E-state index in [9.17, 15) is 18.0 Å². The van der Waals surface area contributed by atoms with Crippen LogP contribution < -0.4 is 15.6 Å². The maximum Gasteiger partial charge on any atom is 0.253 e. The Morgan fingerprint density at radius 1 is 1.00 bits per heavy atom. The minimum Gasteiger partial charge on any atom is -0.494 e. The number of sulfonamides is 1. The van der Waals surface area contributed by atoms with Crippen molar-refractivity contribution >= 4 is 33.4 Å². The zero-order valence-electron chi connectivity index (χ0n) is 16.7. The first-order valence-electron chi connectivity index (χ1n) is 9.17. The molecule has 0 fully saturated rings. The van der Waals surface area contributed by atoms with Crippen LogP contribution >= 0.6 is 11.6 Å². The second-order valence-electron chi connectivity index (χ2n) is 6.58. The second kappa shape index (κ2) is 11.0. The number of hydrogen-bond donors (Lipinski definition) is 2. The Balaban J connectivity index is 1.69. The Labute approximate surface area is 181 Å². The van der Waals surface area contributed by atoms with Gasteiger partial charge in [0.25, 0.3) is 5.91 Å². The third-order valence-corrected chi connectivity index (χ3v) is 6.14. The van der Waals surface area contributed by atoms with Crippen molar-refractivity contribution in [2.45, 2.75) is 24.7 Å². The van der Waals surface area contributed by atoms with Crippen molar-refractivity contribution in [1.82, 2.24) is 15.2 Å². The molecule has 0 unspecified atom stereocenters. The van der Waals surface area contributed by atoms with Gasteiger partial charge in [-0.2, -0.15) is 4.31 Å². The van der Waals surface area contributed by atoms with E-state index in [0.29, 0.717) is 23.8 Å². The van der Waals surface area contributed by atoms with E-state index >= 15 is 0 Å². The minimum absolute atomic E-state index is 0.0909. The average molecular weight is 454 g/mol. The lowest BCUT2D eigenvalue weighted by Crippen LogP contribution is -2.46. The van der Waals surface area contributed by atoms with E-state index in [1.807, 2.05) is 6.92 Å². The summed E-state index contributed by atoms with van der Waals surface area (Å²) in [6.07, 6.45) is 0.567. The molecule has 0 spiro atoms. The predicted octanol–water partition coefficient (Wildman–Crippen LogP) is 2.28. The fourth-order valence-corrected chi connectivity index (χ4v) is 3.63. The van der Waals surface area contributed by atoms with Crippen LogP contribution in [-0.4, -0.2) is 44.7 Å². The van der Waals surface area contributed by atoms with Gasteiger partial charge in [0.2, 0.25) is 15.9 Å². The number of amides is 2. The average Bonchev–Trinajstić information content (AvgIpc) is 2.71. The lowest BCUT2D eigenvalue weighted by molar-refractivity contribution is -0.129. The molecule has 0 radical (unpaired) electrons. The Hall–Kier alpha value is -2.62. The van der Waals surface area contributed by atoms with E-state index in [4.69, 9.17) is 16.3 Å². The van der Waals surface area contributed by atoms with Crippen molar-refractivity contribution in [1.29, 1.82) is 0 Å². The van der Waals surface area contributed by atoms with Crippen LogP contribution in [0.25, 0.3) is 0 Å². The molecule has 0 aliphatic rings. The van der Waals surface area contributed by atoms with Gasteiger partial charge in [-0.25, -0.2) is 8.42 Å². The maximum absolute atomic E-state index is 12.5. The number of aryl methyl sites for hydroxylation is 1. The van der Waals surface area contributed by atoms with Crippen LogP contribution in [0.5, 0.6) is 5.75 Å². The van der Waals surface area contributed by atoms with Crippen molar-refractivity contribution in [3.05, 3.63) is 59.1 Å². The number of likely N-dealkylation sites (N-methyl/N-ethyl adjacent to an activating group) is 1. The zero-order chi connectivity index (χ0) is 22.1. The number of rotatable bonds is 9. The van der Waals surface area contributed by atoms with Crippen LogP contribution in [0.15, 0.2) is 53.4 Å². The number of hydrogen-bond acceptors (Lipinski definition) is 5. The first kappa shape index (κ1) is 23.7. The number of hydrazine groups is 1. The summed E-state index contributed by atoms with van der Waals surface area (Å²) in [5.74, 6) is -0.419. The fraction of sp³-hybridized carbons (Fsp3) is 0.300. The maximum atomic E-state index is 12.5. The van der Waals surface area contributed by atoms with Crippen molar-refractivity contribution in [3.8, 4) is 5.75 Å². The summed E-state index contributed by atoms with van der Waals surface area (Å²) >= 11 is 5.79. The van der Waals surface area contributed by atoms with E-state index in [-0.39, 0.29) is 11.3 Å². The van der Waals surface area contributed by atoms with E-state index in [0.717, 1.165) is 9.87 Å². The summed E-state index contributed by atoms with van der Waals surface area (Å²) in [5, 5.41) is 0.606. The van der Waals surface area contributed by atoms with E-state index in [2.05, 4.69) is 10.9 Å². The molecule has 0 atom stereocenters. The Kier molecular flexibility index (Phi) is 8.64. The molecule has 0 aliphatic heterocycles. The molecule has 2 rings (SSSR count). The topological polar surface area (TPSA) is 105 Å². The summed E-state index contributed by atoms with van der Waals surface area (Å²) < 4.78 is 31.3. The van der Waals surface area contributed by atoms with Crippen LogP contribution in [0.3, 0.4) is 0 Å².